The summed E-state index contributed by atoms with van der Waals surface area (Å²) in [5.74, 6) is -0.138. The van der Waals surface area contributed by atoms with Crippen molar-refractivity contribution in [1.29, 1.82) is 0 Å². The van der Waals surface area contributed by atoms with Gasteiger partial charge in [-0.25, -0.2) is 0 Å². The van der Waals surface area contributed by atoms with E-state index in [0.29, 0.717) is 11.0 Å². The molecule has 0 radical (unpaired) electrons. The second-order valence-corrected chi connectivity index (χ2v) is 6.76. The third-order valence-electron chi connectivity index (χ3n) is 3.27. The average molecular weight is 284 g/mol. The molecular weight excluding hydrogens is 268 g/mol. The van der Waals surface area contributed by atoms with Gasteiger partial charge in [0.15, 0.2) is 5.78 Å². The second kappa shape index (κ2) is 6.38. The maximum atomic E-state index is 11.8. The van der Waals surface area contributed by atoms with Gasteiger partial charge in [-0.2, -0.15) is 11.8 Å². The van der Waals surface area contributed by atoms with E-state index in [2.05, 4.69) is 0 Å². The minimum atomic E-state index is -0.673. The van der Waals surface area contributed by atoms with Gasteiger partial charge in [0.25, 0.3) is 0 Å². The van der Waals surface area contributed by atoms with Crippen LogP contribution in [0.4, 0.5) is 0 Å². The maximum absolute atomic E-state index is 11.8. The minimum absolute atomic E-state index is 0.171. The van der Waals surface area contributed by atoms with Crippen LogP contribution in [-0.2, 0) is 4.79 Å². The quantitative estimate of drug-likeness (QED) is 0.843. The molecular formula is C13H16O3S2. The van der Waals surface area contributed by atoms with Gasteiger partial charge < -0.3 is 5.11 Å². The van der Waals surface area contributed by atoms with Crippen LogP contribution >= 0.6 is 23.1 Å². The van der Waals surface area contributed by atoms with Crippen molar-refractivity contribution in [3.05, 3.63) is 22.4 Å². The molecule has 1 heterocycles. The Kier molecular flexibility index (Phi) is 4.83. The van der Waals surface area contributed by atoms with Crippen molar-refractivity contribution in [2.45, 2.75) is 30.9 Å². The molecule has 0 atom stereocenters. The van der Waals surface area contributed by atoms with E-state index in [0.717, 1.165) is 30.6 Å². The summed E-state index contributed by atoms with van der Waals surface area (Å²) in [6, 6.07) is 3.75. The summed E-state index contributed by atoms with van der Waals surface area (Å²) in [6.45, 7) is 0. The molecule has 0 unspecified atom stereocenters. The first-order valence-corrected chi connectivity index (χ1v) is 8.01. The van der Waals surface area contributed by atoms with Crippen LogP contribution in [0.5, 0.6) is 0 Å². The number of carboxylic acids is 1. The molecule has 1 N–H and O–H groups in total. The summed E-state index contributed by atoms with van der Waals surface area (Å²) in [4.78, 5) is 23.5. The molecule has 0 aliphatic heterocycles. The number of carbonyl (C=O) groups is 2. The zero-order valence-electron chi connectivity index (χ0n) is 10.0. The van der Waals surface area contributed by atoms with Crippen LogP contribution in [0, 0.1) is 5.92 Å². The van der Waals surface area contributed by atoms with Gasteiger partial charge >= 0.3 is 5.97 Å². The van der Waals surface area contributed by atoms with Gasteiger partial charge in [-0.1, -0.05) is 6.07 Å². The first-order chi connectivity index (χ1) is 8.66. The molecule has 3 nitrogen and oxygen atoms in total. The van der Waals surface area contributed by atoms with E-state index in [1.54, 1.807) is 11.8 Å². The van der Waals surface area contributed by atoms with Gasteiger partial charge in [-0.15, -0.1) is 11.3 Å². The average Bonchev–Trinajstić information content (AvgIpc) is 2.90. The molecule has 0 amide bonds. The molecule has 0 spiro atoms. The fourth-order valence-electron chi connectivity index (χ4n) is 2.18. The Morgan fingerprint density at radius 3 is 2.61 bits per heavy atom. The molecule has 1 fully saturated rings. The van der Waals surface area contributed by atoms with Gasteiger partial charge in [-0.3, -0.25) is 9.59 Å². The Labute approximate surface area is 115 Å². The maximum Gasteiger partial charge on any atom is 0.306 e. The SMILES string of the molecule is O=C(CSC1CCC(C(=O)O)CC1)c1cccs1. The van der Waals surface area contributed by atoms with E-state index in [9.17, 15) is 9.59 Å². The van der Waals surface area contributed by atoms with Gasteiger partial charge in [-0.05, 0) is 37.1 Å². The smallest absolute Gasteiger partial charge is 0.306 e. The number of thioether (sulfide) groups is 1. The lowest BCUT2D eigenvalue weighted by Gasteiger charge is -2.25. The Hall–Kier alpha value is -0.810. The highest BCUT2D eigenvalue weighted by atomic mass is 32.2. The third kappa shape index (κ3) is 3.59. The fraction of sp³-hybridized carbons (Fsp3) is 0.538. The van der Waals surface area contributed by atoms with Crippen LogP contribution in [0.1, 0.15) is 35.4 Å². The number of hydrogen-bond acceptors (Lipinski definition) is 4. The largest absolute Gasteiger partial charge is 0.481 e. The summed E-state index contributed by atoms with van der Waals surface area (Å²) in [5.41, 5.74) is 0. The van der Waals surface area contributed by atoms with Crippen molar-refractivity contribution in [1.82, 2.24) is 0 Å². The Balaban J connectivity index is 1.72. The highest BCUT2D eigenvalue weighted by Crippen LogP contribution is 2.32. The zero-order valence-corrected chi connectivity index (χ0v) is 11.6. The monoisotopic (exact) mass is 284 g/mol. The lowest BCUT2D eigenvalue weighted by molar-refractivity contribution is -0.142. The Morgan fingerprint density at radius 1 is 1.33 bits per heavy atom. The molecule has 0 bridgehead atoms. The number of thiophene rings is 1. The summed E-state index contributed by atoms with van der Waals surface area (Å²) >= 11 is 3.16. The summed E-state index contributed by atoms with van der Waals surface area (Å²) < 4.78 is 0. The van der Waals surface area contributed by atoms with Crippen LogP contribution in [0.3, 0.4) is 0 Å². The number of hydrogen-bond donors (Lipinski definition) is 1. The topological polar surface area (TPSA) is 54.4 Å². The zero-order chi connectivity index (χ0) is 13.0. The van der Waals surface area contributed by atoms with Gasteiger partial charge in [0.2, 0.25) is 0 Å². The first-order valence-electron chi connectivity index (χ1n) is 6.08. The van der Waals surface area contributed by atoms with Crippen molar-refractivity contribution in [3.63, 3.8) is 0 Å². The summed E-state index contributed by atoms with van der Waals surface area (Å²) in [6.07, 6.45) is 3.33. The molecule has 18 heavy (non-hydrogen) atoms. The molecule has 1 aliphatic rings. The molecule has 1 aromatic heterocycles. The highest BCUT2D eigenvalue weighted by Gasteiger charge is 2.26. The lowest BCUT2D eigenvalue weighted by atomic mass is 9.89. The molecule has 0 aromatic carbocycles. The molecule has 0 saturated heterocycles. The van der Waals surface area contributed by atoms with Crippen molar-refractivity contribution in [2.75, 3.05) is 5.75 Å². The fourth-order valence-corrected chi connectivity index (χ4v) is 4.08. The summed E-state index contributed by atoms with van der Waals surface area (Å²) in [7, 11) is 0. The molecule has 1 aromatic rings. The van der Waals surface area contributed by atoms with Crippen molar-refractivity contribution in [2.24, 2.45) is 5.92 Å². The molecule has 98 valence electrons. The van der Waals surface area contributed by atoms with Crippen LogP contribution in [0.2, 0.25) is 0 Å². The van der Waals surface area contributed by atoms with Gasteiger partial charge in [0.1, 0.15) is 0 Å². The van der Waals surface area contributed by atoms with Crippen LogP contribution in [-0.4, -0.2) is 27.9 Å². The summed E-state index contributed by atoms with van der Waals surface area (Å²) in [5, 5.41) is 11.3. The number of rotatable bonds is 5. The van der Waals surface area contributed by atoms with Crippen molar-refractivity contribution < 1.29 is 14.7 Å². The highest BCUT2D eigenvalue weighted by molar-refractivity contribution is 8.00. The van der Waals surface area contributed by atoms with E-state index < -0.39 is 5.97 Å². The molecule has 1 saturated carbocycles. The van der Waals surface area contributed by atoms with Gasteiger partial charge in [0.05, 0.1) is 16.5 Å². The van der Waals surface area contributed by atoms with E-state index >= 15 is 0 Å². The third-order valence-corrected chi connectivity index (χ3v) is 5.55. The van der Waals surface area contributed by atoms with E-state index in [1.165, 1.54) is 11.3 Å². The molecule has 5 heteroatoms. The Bertz CT molecular complexity index is 406. The molecule has 2 rings (SSSR count). The first kappa shape index (κ1) is 13.6. The second-order valence-electron chi connectivity index (χ2n) is 4.52. The predicted octanol–water partition coefficient (Wildman–Crippen LogP) is 3.31. The number of Topliss-reactive ketones (excluding diaryl/α,β-unsaturated/α-hetero) is 1. The number of ketones is 1. The standard InChI is InChI=1S/C13H16O3S2/c14-11(12-2-1-7-17-12)8-18-10-5-3-9(4-6-10)13(15)16/h1-2,7,9-10H,3-6,8H2,(H,15,16). The van der Waals surface area contributed by atoms with E-state index in [4.69, 9.17) is 5.11 Å². The van der Waals surface area contributed by atoms with Crippen LogP contribution in [0.25, 0.3) is 0 Å². The van der Waals surface area contributed by atoms with Gasteiger partial charge in [0, 0.05) is 5.25 Å². The van der Waals surface area contributed by atoms with E-state index in [1.807, 2.05) is 17.5 Å². The van der Waals surface area contributed by atoms with Crippen molar-refractivity contribution >= 4 is 34.9 Å². The molecule has 1 aliphatic carbocycles. The number of aliphatic carboxylic acids is 1. The number of carboxylic acid groups (broad SMARTS) is 1. The normalized spacial score (nSPS) is 23.8. The predicted molar refractivity (Wildman–Crippen MR) is 74.5 cm³/mol. The minimum Gasteiger partial charge on any atom is -0.481 e. The Morgan fingerprint density at radius 2 is 2.06 bits per heavy atom. The van der Waals surface area contributed by atoms with Crippen molar-refractivity contribution in [3.8, 4) is 0 Å². The van der Waals surface area contributed by atoms with E-state index in [-0.39, 0.29) is 11.7 Å². The van der Waals surface area contributed by atoms with Crippen LogP contribution < -0.4 is 0 Å². The number of carbonyl (C=O) groups excluding carboxylic acids is 1. The van der Waals surface area contributed by atoms with Crippen LogP contribution in [0.15, 0.2) is 17.5 Å². The lowest BCUT2D eigenvalue weighted by Crippen LogP contribution is -2.23.